The average Bonchev–Trinajstić information content (AvgIpc) is 2.90. The lowest BCUT2D eigenvalue weighted by molar-refractivity contribution is -0.117. The molecule has 1 aliphatic heterocycles. The standard InChI is InChI=1S/C19H21N3O4S/c1-11-5-4-6-12(2)18(11)22-17(23)10-20-27(25,26)14-7-8-16-15(9-14)13(3)19(24)21-16/h4-9,13,20H,10H2,1-3H3,(H,21,24)(H,22,23)/t13-/m0/s1. The van der Waals surface area contributed by atoms with E-state index in [-0.39, 0.29) is 17.3 Å². The number of para-hydroxylation sites is 1. The van der Waals surface area contributed by atoms with Gasteiger partial charge in [-0.3, -0.25) is 9.59 Å². The average molecular weight is 387 g/mol. The van der Waals surface area contributed by atoms with Crippen molar-refractivity contribution in [3.63, 3.8) is 0 Å². The van der Waals surface area contributed by atoms with Crippen molar-refractivity contribution >= 4 is 33.2 Å². The fourth-order valence-corrected chi connectivity index (χ4v) is 4.02. The van der Waals surface area contributed by atoms with Crippen LogP contribution in [-0.4, -0.2) is 26.8 Å². The Hall–Kier alpha value is -2.71. The highest BCUT2D eigenvalue weighted by molar-refractivity contribution is 7.89. The van der Waals surface area contributed by atoms with Gasteiger partial charge in [0.15, 0.2) is 0 Å². The summed E-state index contributed by atoms with van der Waals surface area (Å²) in [6.45, 7) is 5.06. The molecule has 0 bridgehead atoms. The predicted molar refractivity (Wildman–Crippen MR) is 103 cm³/mol. The number of fused-ring (bicyclic) bond motifs is 1. The molecule has 0 saturated heterocycles. The Labute approximate surface area is 158 Å². The van der Waals surface area contributed by atoms with Crippen molar-refractivity contribution in [2.45, 2.75) is 31.6 Å². The van der Waals surface area contributed by atoms with Gasteiger partial charge in [0.05, 0.1) is 17.4 Å². The Kier molecular flexibility index (Phi) is 5.03. The molecule has 0 fully saturated rings. The second-order valence-electron chi connectivity index (χ2n) is 6.60. The molecular formula is C19H21N3O4S. The molecule has 27 heavy (non-hydrogen) atoms. The van der Waals surface area contributed by atoms with Gasteiger partial charge in [-0.05, 0) is 55.7 Å². The number of hydrogen-bond acceptors (Lipinski definition) is 4. The first kappa shape index (κ1) is 19.1. The zero-order chi connectivity index (χ0) is 19.8. The van der Waals surface area contributed by atoms with Crippen LogP contribution in [0.5, 0.6) is 0 Å². The molecule has 3 rings (SSSR count). The third-order valence-corrected chi connectivity index (χ3v) is 6.02. The Morgan fingerprint density at radius 1 is 1.15 bits per heavy atom. The molecule has 2 amide bonds. The first-order valence-corrected chi connectivity index (χ1v) is 9.98. The molecule has 1 atom stereocenters. The van der Waals surface area contributed by atoms with E-state index in [1.807, 2.05) is 32.0 Å². The van der Waals surface area contributed by atoms with E-state index in [9.17, 15) is 18.0 Å². The molecule has 1 heterocycles. The highest BCUT2D eigenvalue weighted by atomic mass is 32.2. The zero-order valence-electron chi connectivity index (χ0n) is 15.3. The number of nitrogens with one attached hydrogen (secondary N) is 3. The minimum Gasteiger partial charge on any atom is -0.325 e. The van der Waals surface area contributed by atoms with E-state index in [1.165, 1.54) is 12.1 Å². The Morgan fingerprint density at radius 2 is 1.81 bits per heavy atom. The van der Waals surface area contributed by atoms with Crippen LogP contribution in [0.4, 0.5) is 11.4 Å². The molecule has 0 aliphatic carbocycles. The van der Waals surface area contributed by atoms with E-state index in [0.717, 1.165) is 11.1 Å². The van der Waals surface area contributed by atoms with E-state index < -0.39 is 21.8 Å². The van der Waals surface area contributed by atoms with Gasteiger partial charge in [-0.1, -0.05) is 18.2 Å². The number of sulfonamides is 1. The number of benzene rings is 2. The largest absolute Gasteiger partial charge is 0.325 e. The minimum absolute atomic E-state index is 0.0180. The van der Waals surface area contributed by atoms with Gasteiger partial charge in [0.25, 0.3) is 0 Å². The van der Waals surface area contributed by atoms with Gasteiger partial charge in [-0.15, -0.1) is 0 Å². The van der Waals surface area contributed by atoms with Crippen molar-refractivity contribution in [3.05, 3.63) is 53.1 Å². The number of carbonyl (C=O) groups is 2. The summed E-state index contributed by atoms with van der Waals surface area (Å²) in [4.78, 5) is 23.9. The molecule has 0 aromatic heterocycles. The summed E-state index contributed by atoms with van der Waals surface area (Å²) in [6.07, 6.45) is 0. The number of hydrogen-bond donors (Lipinski definition) is 3. The highest BCUT2D eigenvalue weighted by Crippen LogP contribution is 2.33. The molecule has 8 heteroatoms. The number of anilines is 2. The van der Waals surface area contributed by atoms with Crippen LogP contribution in [0.25, 0.3) is 0 Å². The first-order valence-electron chi connectivity index (χ1n) is 8.49. The van der Waals surface area contributed by atoms with E-state index in [4.69, 9.17) is 0 Å². The fourth-order valence-electron chi connectivity index (χ4n) is 3.00. The van der Waals surface area contributed by atoms with Crippen LogP contribution in [0.2, 0.25) is 0 Å². The van der Waals surface area contributed by atoms with Crippen molar-refractivity contribution in [1.29, 1.82) is 0 Å². The minimum atomic E-state index is -3.88. The van der Waals surface area contributed by atoms with E-state index in [2.05, 4.69) is 15.4 Å². The third-order valence-electron chi connectivity index (χ3n) is 4.62. The Morgan fingerprint density at radius 3 is 2.48 bits per heavy atom. The summed E-state index contributed by atoms with van der Waals surface area (Å²) in [5.74, 6) is -1.04. The summed E-state index contributed by atoms with van der Waals surface area (Å²) in [7, 11) is -3.88. The second-order valence-corrected chi connectivity index (χ2v) is 8.37. The Bertz CT molecular complexity index is 1010. The summed E-state index contributed by atoms with van der Waals surface area (Å²) >= 11 is 0. The molecule has 2 aromatic rings. The van der Waals surface area contributed by atoms with E-state index >= 15 is 0 Å². The maximum Gasteiger partial charge on any atom is 0.241 e. The van der Waals surface area contributed by atoms with Gasteiger partial charge < -0.3 is 10.6 Å². The normalized spacial score (nSPS) is 16.0. The zero-order valence-corrected chi connectivity index (χ0v) is 16.1. The summed E-state index contributed by atoms with van der Waals surface area (Å²) in [6, 6.07) is 10.0. The molecule has 0 saturated carbocycles. The highest BCUT2D eigenvalue weighted by Gasteiger charge is 2.28. The van der Waals surface area contributed by atoms with Crippen LogP contribution in [-0.2, 0) is 19.6 Å². The van der Waals surface area contributed by atoms with Crippen LogP contribution in [0.15, 0.2) is 41.3 Å². The maximum atomic E-state index is 12.5. The smallest absolute Gasteiger partial charge is 0.241 e. The Balaban J connectivity index is 1.71. The van der Waals surface area contributed by atoms with E-state index in [0.29, 0.717) is 16.9 Å². The molecule has 0 radical (unpaired) electrons. The molecule has 1 aliphatic rings. The molecular weight excluding hydrogens is 366 g/mol. The van der Waals surface area contributed by atoms with Crippen molar-refractivity contribution in [3.8, 4) is 0 Å². The quantitative estimate of drug-likeness (QED) is 0.732. The van der Waals surface area contributed by atoms with Crippen LogP contribution >= 0.6 is 0 Å². The number of amides is 2. The van der Waals surface area contributed by atoms with Crippen molar-refractivity contribution in [2.24, 2.45) is 0 Å². The van der Waals surface area contributed by atoms with Gasteiger partial charge >= 0.3 is 0 Å². The van der Waals surface area contributed by atoms with Crippen LogP contribution in [0, 0.1) is 13.8 Å². The van der Waals surface area contributed by atoms with Gasteiger partial charge in [-0.2, -0.15) is 0 Å². The fraction of sp³-hybridized carbons (Fsp3) is 0.263. The molecule has 0 unspecified atom stereocenters. The van der Waals surface area contributed by atoms with Gasteiger partial charge in [-0.25, -0.2) is 13.1 Å². The van der Waals surface area contributed by atoms with Gasteiger partial charge in [0, 0.05) is 11.4 Å². The van der Waals surface area contributed by atoms with Gasteiger partial charge in [0.1, 0.15) is 0 Å². The molecule has 2 aromatic carbocycles. The lowest BCUT2D eigenvalue weighted by atomic mass is 10.0. The lowest BCUT2D eigenvalue weighted by Crippen LogP contribution is -2.33. The number of aryl methyl sites for hydroxylation is 2. The van der Waals surface area contributed by atoms with Crippen LogP contribution in [0.1, 0.15) is 29.5 Å². The maximum absolute atomic E-state index is 12.5. The number of carbonyl (C=O) groups excluding carboxylic acids is 2. The SMILES string of the molecule is Cc1cccc(C)c1NC(=O)CNS(=O)(=O)c1ccc2c(c1)[C@H](C)C(=O)N2. The molecule has 7 nitrogen and oxygen atoms in total. The third kappa shape index (κ3) is 3.86. The summed E-state index contributed by atoms with van der Waals surface area (Å²) < 4.78 is 27.3. The van der Waals surface area contributed by atoms with Crippen LogP contribution in [0.3, 0.4) is 0 Å². The number of rotatable bonds is 5. The van der Waals surface area contributed by atoms with Crippen molar-refractivity contribution in [2.75, 3.05) is 17.2 Å². The topological polar surface area (TPSA) is 104 Å². The first-order chi connectivity index (χ1) is 12.7. The van der Waals surface area contributed by atoms with Crippen molar-refractivity contribution < 1.29 is 18.0 Å². The predicted octanol–water partition coefficient (Wildman–Crippen LogP) is 2.28. The van der Waals surface area contributed by atoms with E-state index in [1.54, 1.807) is 13.0 Å². The van der Waals surface area contributed by atoms with Crippen molar-refractivity contribution in [1.82, 2.24) is 4.72 Å². The van der Waals surface area contributed by atoms with Gasteiger partial charge in [0.2, 0.25) is 21.8 Å². The lowest BCUT2D eigenvalue weighted by Gasteiger charge is -2.12. The summed E-state index contributed by atoms with van der Waals surface area (Å²) in [5, 5.41) is 5.43. The summed E-state index contributed by atoms with van der Waals surface area (Å²) in [5.41, 5.74) is 3.71. The molecule has 3 N–H and O–H groups in total. The molecule has 0 spiro atoms. The monoisotopic (exact) mass is 387 g/mol. The van der Waals surface area contributed by atoms with Crippen LogP contribution < -0.4 is 15.4 Å². The second kappa shape index (κ2) is 7.13. The molecule has 142 valence electrons.